The maximum atomic E-state index is 5.35. The Hall–Kier alpha value is -2.30. The van der Waals surface area contributed by atoms with Crippen molar-refractivity contribution in [2.75, 3.05) is 26.2 Å². The molecule has 0 unspecified atom stereocenters. The van der Waals surface area contributed by atoms with E-state index in [4.69, 9.17) is 9.47 Å². The molecular weight excluding hydrogens is 278 g/mol. The van der Waals surface area contributed by atoms with Crippen LogP contribution in [0, 0.1) is 0 Å². The van der Waals surface area contributed by atoms with Crippen LogP contribution in [0.1, 0.15) is 31.2 Å². The second kappa shape index (κ2) is 7.11. The van der Waals surface area contributed by atoms with E-state index in [9.17, 15) is 0 Å². The molecule has 22 heavy (non-hydrogen) atoms. The largest absolute Gasteiger partial charge is 0.493 e. The average molecular weight is 301 g/mol. The van der Waals surface area contributed by atoms with Gasteiger partial charge in [0.25, 0.3) is 0 Å². The number of nitrogens with zero attached hydrogens (tertiary/aromatic N) is 3. The number of hydrogen-bond acceptors (Lipinski definition) is 5. The van der Waals surface area contributed by atoms with Crippen LogP contribution >= 0.6 is 0 Å². The smallest absolute Gasteiger partial charge is 0.161 e. The predicted molar refractivity (Wildman–Crippen MR) is 87.8 cm³/mol. The summed E-state index contributed by atoms with van der Waals surface area (Å²) in [7, 11) is 5.30. The third kappa shape index (κ3) is 3.67. The molecule has 0 aliphatic rings. The van der Waals surface area contributed by atoms with Gasteiger partial charge in [0.2, 0.25) is 0 Å². The van der Waals surface area contributed by atoms with E-state index < -0.39 is 0 Å². The van der Waals surface area contributed by atoms with Crippen LogP contribution in [0.4, 0.5) is 5.82 Å². The topological polar surface area (TPSA) is 47.5 Å². The average Bonchev–Trinajstić information content (AvgIpc) is 2.54. The van der Waals surface area contributed by atoms with E-state index in [1.165, 1.54) is 0 Å². The molecule has 0 fully saturated rings. The molecule has 5 nitrogen and oxygen atoms in total. The Bertz CT molecular complexity index is 629. The van der Waals surface area contributed by atoms with Gasteiger partial charge in [0.05, 0.1) is 14.2 Å². The van der Waals surface area contributed by atoms with Gasteiger partial charge in [-0.25, -0.2) is 9.97 Å². The van der Waals surface area contributed by atoms with Gasteiger partial charge in [0, 0.05) is 25.7 Å². The zero-order valence-corrected chi connectivity index (χ0v) is 13.8. The molecule has 0 spiro atoms. The first-order chi connectivity index (χ1) is 10.5. The van der Waals surface area contributed by atoms with Crippen LogP contribution in [0.25, 0.3) is 0 Å². The van der Waals surface area contributed by atoms with E-state index in [1.54, 1.807) is 14.2 Å². The van der Waals surface area contributed by atoms with Gasteiger partial charge < -0.3 is 14.4 Å². The van der Waals surface area contributed by atoms with Gasteiger partial charge in [0.15, 0.2) is 11.5 Å². The fourth-order valence-corrected chi connectivity index (χ4v) is 2.19. The summed E-state index contributed by atoms with van der Waals surface area (Å²) < 4.78 is 10.6. The molecule has 0 saturated heterocycles. The highest BCUT2D eigenvalue weighted by molar-refractivity contribution is 5.45. The van der Waals surface area contributed by atoms with Crippen LogP contribution in [-0.4, -0.2) is 31.2 Å². The van der Waals surface area contributed by atoms with E-state index >= 15 is 0 Å². The van der Waals surface area contributed by atoms with Gasteiger partial charge in [0.1, 0.15) is 11.6 Å². The molecule has 118 valence electrons. The third-order valence-electron chi connectivity index (χ3n) is 3.43. The zero-order valence-electron chi connectivity index (χ0n) is 13.8. The molecule has 0 N–H and O–H groups in total. The number of methoxy groups -OCH3 is 2. The first-order valence-corrected chi connectivity index (χ1v) is 7.30. The van der Waals surface area contributed by atoms with Crippen molar-refractivity contribution in [3.8, 4) is 11.5 Å². The summed E-state index contributed by atoms with van der Waals surface area (Å²) in [4.78, 5) is 11.0. The minimum absolute atomic E-state index is 0.314. The molecule has 0 aliphatic carbocycles. The van der Waals surface area contributed by atoms with E-state index in [2.05, 4.69) is 28.7 Å². The first-order valence-electron chi connectivity index (χ1n) is 7.30. The van der Waals surface area contributed by atoms with Crippen molar-refractivity contribution in [1.82, 2.24) is 9.97 Å². The summed E-state index contributed by atoms with van der Waals surface area (Å²) in [6.07, 6.45) is 1.81. The molecule has 0 bridgehead atoms. The molecule has 1 aromatic heterocycles. The molecule has 1 aromatic carbocycles. The monoisotopic (exact) mass is 301 g/mol. The highest BCUT2D eigenvalue weighted by Gasteiger charge is 2.10. The predicted octanol–water partition coefficient (Wildman–Crippen LogP) is 3.25. The summed E-state index contributed by atoms with van der Waals surface area (Å²) in [5.74, 6) is 3.55. The summed E-state index contributed by atoms with van der Waals surface area (Å²) in [6, 6.07) is 7.86. The van der Waals surface area contributed by atoms with Crippen LogP contribution in [-0.2, 0) is 6.54 Å². The van der Waals surface area contributed by atoms with Gasteiger partial charge >= 0.3 is 0 Å². The van der Waals surface area contributed by atoms with Gasteiger partial charge in [-0.1, -0.05) is 19.9 Å². The molecule has 1 heterocycles. The zero-order chi connectivity index (χ0) is 16.1. The quantitative estimate of drug-likeness (QED) is 0.819. The lowest BCUT2D eigenvalue weighted by Gasteiger charge is -2.20. The number of aromatic nitrogens is 2. The standard InChI is InChI=1S/C17H23N3O2/c1-12(2)17-18-9-8-16(19-17)20(3)11-13-6-7-14(21-4)15(10-13)22-5/h6-10,12H,11H2,1-5H3. The van der Waals surface area contributed by atoms with E-state index in [0.29, 0.717) is 5.92 Å². The normalized spacial score (nSPS) is 10.6. The Morgan fingerprint density at radius 1 is 1.09 bits per heavy atom. The number of hydrogen-bond donors (Lipinski definition) is 0. The Kier molecular flexibility index (Phi) is 5.20. The van der Waals surface area contributed by atoms with Crippen molar-refractivity contribution in [1.29, 1.82) is 0 Å². The first kappa shape index (κ1) is 16.1. The van der Waals surface area contributed by atoms with Crippen LogP contribution in [0.15, 0.2) is 30.5 Å². The van der Waals surface area contributed by atoms with Crippen molar-refractivity contribution < 1.29 is 9.47 Å². The summed E-state index contributed by atoms with van der Waals surface area (Å²) >= 11 is 0. The molecule has 2 rings (SSSR count). The highest BCUT2D eigenvalue weighted by atomic mass is 16.5. The van der Waals surface area contributed by atoms with Crippen molar-refractivity contribution in [2.45, 2.75) is 26.3 Å². The van der Waals surface area contributed by atoms with Crippen LogP contribution in [0.2, 0.25) is 0 Å². The van der Waals surface area contributed by atoms with E-state index in [0.717, 1.165) is 35.2 Å². The maximum absolute atomic E-state index is 5.35. The van der Waals surface area contributed by atoms with Gasteiger partial charge in [-0.3, -0.25) is 0 Å². The van der Waals surface area contributed by atoms with Gasteiger partial charge in [-0.15, -0.1) is 0 Å². The minimum atomic E-state index is 0.314. The van der Waals surface area contributed by atoms with E-state index in [-0.39, 0.29) is 0 Å². The molecule has 0 radical (unpaired) electrons. The second-order valence-corrected chi connectivity index (χ2v) is 5.47. The van der Waals surface area contributed by atoms with Gasteiger partial charge in [-0.2, -0.15) is 0 Å². The molecular formula is C17H23N3O2. The lowest BCUT2D eigenvalue weighted by Crippen LogP contribution is -2.18. The lowest BCUT2D eigenvalue weighted by molar-refractivity contribution is 0.354. The second-order valence-electron chi connectivity index (χ2n) is 5.47. The SMILES string of the molecule is COc1ccc(CN(C)c2ccnc(C(C)C)n2)cc1OC. The Balaban J connectivity index is 2.18. The fraction of sp³-hybridized carbons (Fsp3) is 0.412. The molecule has 2 aromatic rings. The third-order valence-corrected chi connectivity index (χ3v) is 3.43. The van der Waals surface area contributed by atoms with Crippen LogP contribution in [0.3, 0.4) is 0 Å². The van der Waals surface area contributed by atoms with Crippen LogP contribution in [0.5, 0.6) is 11.5 Å². The Morgan fingerprint density at radius 2 is 1.82 bits per heavy atom. The fourth-order valence-electron chi connectivity index (χ4n) is 2.19. The van der Waals surface area contributed by atoms with Crippen molar-refractivity contribution in [3.63, 3.8) is 0 Å². The summed E-state index contributed by atoms with van der Waals surface area (Å²) in [6.45, 7) is 4.91. The Labute approximate surface area is 131 Å². The van der Waals surface area contributed by atoms with Crippen molar-refractivity contribution in [3.05, 3.63) is 41.9 Å². The molecule has 5 heteroatoms. The summed E-state index contributed by atoms with van der Waals surface area (Å²) in [5.41, 5.74) is 1.13. The van der Waals surface area contributed by atoms with Crippen LogP contribution < -0.4 is 14.4 Å². The van der Waals surface area contributed by atoms with Gasteiger partial charge in [-0.05, 0) is 23.8 Å². The highest BCUT2D eigenvalue weighted by Crippen LogP contribution is 2.28. The number of anilines is 1. The maximum Gasteiger partial charge on any atom is 0.161 e. The van der Waals surface area contributed by atoms with Crippen molar-refractivity contribution >= 4 is 5.82 Å². The minimum Gasteiger partial charge on any atom is -0.493 e. The van der Waals surface area contributed by atoms with E-state index in [1.807, 2.05) is 37.5 Å². The molecule has 0 amide bonds. The number of rotatable bonds is 6. The number of benzene rings is 1. The van der Waals surface area contributed by atoms with Crippen molar-refractivity contribution in [2.24, 2.45) is 0 Å². The molecule has 0 aliphatic heterocycles. The molecule has 0 atom stereocenters. The Morgan fingerprint density at radius 3 is 2.45 bits per heavy atom. The lowest BCUT2D eigenvalue weighted by atomic mass is 10.2. The number of ether oxygens (including phenoxy) is 2. The molecule has 0 saturated carbocycles. The summed E-state index contributed by atoms with van der Waals surface area (Å²) in [5, 5.41) is 0.